The molecule has 2 rings (SSSR count). The van der Waals surface area contributed by atoms with Crippen molar-refractivity contribution < 1.29 is 14.3 Å². The molecular weight excluding hydrogens is 188 g/mol. The van der Waals surface area contributed by atoms with Crippen LogP contribution < -0.4 is 0 Å². The second-order valence-electron chi connectivity index (χ2n) is 3.26. The molecule has 0 aromatic heterocycles. The molecule has 0 spiro atoms. The molecule has 3 atom stereocenters. The van der Waals surface area contributed by atoms with Crippen molar-refractivity contribution in [1.82, 2.24) is 0 Å². The van der Waals surface area contributed by atoms with Crippen molar-refractivity contribution in [3.8, 4) is 0 Å². The minimum Gasteiger partial charge on any atom is -0.456 e. The van der Waals surface area contributed by atoms with E-state index in [1.165, 1.54) is 11.8 Å². The first-order valence-corrected chi connectivity index (χ1v) is 5.36. The summed E-state index contributed by atoms with van der Waals surface area (Å²) in [6, 6.07) is 0. The maximum absolute atomic E-state index is 11.5. The van der Waals surface area contributed by atoms with Crippen LogP contribution in [0, 0.1) is 5.92 Å². The van der Waals surface area contributed by atoms with Crippen molar-refractivity contribution in [1.29, 1.82) is 0 Å². The minimum absolute atomic E-state index is 0.00694. The number of fused-ring (bicyclic) bond motifs is 1. The lowest BCUT2D eigenvalue weighted by molar-refractivity contribution is -0.142. The smallest absolute Gasteiger partial charge is 0.330 e. The quantitative estimate of drug-likeness (QED) is 0.285. The van der Waals surface area contributed by atoms with Crippen LogP contribution in [0.1, 0.15) is 6.42 Å². The number of hydrogen-bond donors (Lipinski definition) is 0. The first-order valence-electron chi connectivity index (χ1n) is 4.14. The van der Waals surface area contributed by atoms with Gasteiger partial charge >= 0.3 is 5.97 Å². The van der Waals surface area contributed by atoms with Crippen LogP contribution in [0.2, 0.25) is 0 Å². The van der Waals surface area contributed by atoms with Gasteiger partial charge in [-0.25, -0.2) is 0 Å². The van der Waals surface area contributed by atoms with E-state index in [1.807, 2.05) is 12.2 Å². The zero-order chi connectivity index (χ0) is 9.47. The van der Waals surface area contributed by atoms with Crippen LogP contribution in [0.5, 0.6) is 0 Å². The summed E-state index contributed by atoms with van der Waals surface area (Å²) >= 11 is 1.28. The first kappa shape index (κ1) is 8.81. The molecule has 4 heteroatoms. The summed E-state index contributed by atoms with van der Waals surface area (Å²) in [5.41, 5.74) is 0. The van der Waals surface area contributed by atoms with Gasteiger partial charge in [-0.3, -0.25) is 4.79 Å². The number of esters is 1. The van der Waals surface area contributed by atoms with E-state index in [9.17, 15) is 9.59 Å². The highest BCUT2D eigenvalue weighted by Gasteiger charge is 2.57. The lowest BCUT2D eigenvalue weighted by Crippen LogP contribution is -2.39. The molecule has 0 saturated carbocycles. The Kier molecular flexibility index (Phi) is 1.95. The van der Waals surface area contributed by atoms with Gasteiger partial charge in [-0.1, -0.05) is 6.08 Å². The van der Waals surface area contributed by atoms with Gasteiger partial charge in [-0.15, -0.1) is 11.8 Å². The van der Waals surface area contributed by atoms with Gasteiger partial charge in [0, 0.05) is 5.92 Å². The molecule has 70 valence electrons. The highest BCUT2D eigenvalue weighted by atomic mass is 32.2. The van der Waals surface area contributed by atoms with Crippen LogP contribution in [-0.4, -0.2) is 29.4 Å². The van der Waals surface area contributed by atoms with E-state index < -0.39 is 4.75 Å². The standard InChI is InChI=1S/C9H10O3S/c1-13-9(5-10)6-3-2-4-7(6)12-8(9)11/h2,4-7H,3H2,1H3. The average Bonchev–Trinajstić information content (AvgIpc) is 2.64. The second kappa shape index (κ2) is 2.87. The van der Waals surface area contributed by atoms with E-state index >= 15 is 0 Å². The maximum atomic E-state index is 11.5. The number of allylic oxidation sites excluding steroid dienone is 1. The van der Waals surface area contributed by atoms with Gasteiger partial charge < -0.3 is 9.53 Å². The molecule has 1 saturated heterocycles. The van der Waals surface area contributed by atoms with Gasteiger partial charge in [0.15, 0.2) is 4.75 Å². The van der Waals surface area contributed by atoms with Gasteiger partial charge in [0.25, 0.3) is 0 Å². The van der Waals surface area contributed by atoms with E-state index in [0.717, 1.165) is 12.7 Å². The zero-order valence-corrected chi connectivity index (χ0v) is 8.04. The molecule has 13 heavy (non-hydrogen) atoms. The third kappa shape index (κ3) is 0.981. The van der Waals surface area contributed by atoms with Crippen molar-refractivity contribution in [3.05, 3.63) is 12.2 Å². The topological polar surface area (TPSA) is 43.4 Å². The lowest BCUT2D eigenvalue weighted by atomic mass is 9.92. The Morgan fingerprint density at radius 3 is 3.15 bits per heavy atom. The molecular formula is C9H10O3S. The van der Waals surface area contributed by atoms with Crippen LogP contribution in [0.15, 0.2) is 12.2 Å². The number of carbonyl (C=O) groups is 2. The fourth-order valence-electron chi connectivity index (χ4n) is 1.95. The number of rotatable bonds is 2. The molecule has 1 heterocycles. The molecule has 0 N–H and O–H groups in total. The highest BCUT2D eigenvalue weighted by Crippen LogP contribution is 2.45. The second-order valence-corrected chi connectivity index (χ2v) is 4.34. The summed E-state index contributed by atoms with van der Waals surface area (Å²) < 4.78 is 4.15. The molecule has 0 aromatic rings. The molecule has 1 fully saturated rings. The van der Waals surface area contributed by atoms with E-state index in [2.05, 4.69) is 0 Å². The summed E-state index contributed by atoms with van der Waals surface area (Å²) in [4.78, 5) is 22.4. The summed E-state index contributed by atoms with van der Waals surface area (Å²) in [6.07, 6.45) is 6.93. The lowest BCUT2D eigenvalue weighted by Gasteiger charge is -2.20. The Hall–Kier alpha value is -0.770. The molecule has 3 unspecified atom stereocenters. The molecule has 1 aliphatic carbocycles. The van der Waals surface area contributed by atoms with E-state index in [1.54, 1.807) is 6.26 Å². The Morgan fingerprint density at radius 2 is 2.54 bits per heavy atom. The van der Waals surface area contributed by atoms with Gasteiger partial charge in [-0.05, 0) is 18.8 Å². The Labute approximate surface area is 80.5 Å². The molecule has 0 radical (unpaired) electrons. The Balaban J connectivity index is 2.37. The molecule has 0 amide bonds. The Morgan fingerprint density at radius 1 is 1.77 bits per heavy atom. The number of carbonyl (C=O) groups excluding carboxylic acids is 2. The van der Waals surface area contributed by atoms with Gasteiger partial charge in [0.05, 0.1) is 0 Å². The van der Waals surface area contributed by atoms with Crippen molar-refractivity contribution >= 4 is 24.0 Å². The highest BCUT2D eigenvalue weighted by molar-refractivity contribution is 8.01. The Bertz CT molecular complexity index is 287. The van der Waals surface area contributed by atoms with Gasteiger partial charge in [0.1, 0.15) is 12.4 Å². The van der Waals surface area contributed by atoms with Crippen LogP contribution in [-0.2, 0) is 14.3 Å². The van der Waals surface area contributed by atoms with Crippen LogP contribution in [0.4, 0.5) is 0 Å². The van der Waals surface area contributed by atoms with Crippen molar-refractivity contribution in [3.63, 3.8) is 0 Å². The van der Waals surface area contributed by atoms with Crippen molar-refractivity contribution in [2.75, 3.05) is 6.26 Å². The third-order valence-corrected chi connectivity index (χ3v) is 3.98. The number of ether oxygens (including phenoxy) is 1. The summed E-state index contributed by atoms with van der Waals surface area (Å²) in [7, 11) is 0. The van der Waals surface area contributed by atoms with E-state index in [-0.39, 0.29) is 18.0 Å². The van der Waals surface area contributed by atoms with Gasteiger partial charge in [0.2, 0.25) is 0 Å². The third-order valence-electron chi connectivity index (χ3n) is 2.74. The zero-order valence-electron chi connectivity index (χ0n) is 7.23. The summed E-state index contributed by atoms with van der Waals surface area (Å²) in [6.45, 7) is 0. The monoisotopic (exact) mass is 198 g/mol. The van der Waals surface area contributed by atoms with E-state index in [0.29, 0.717) is 0 Å². The summed E-state index contributed by atoms with van der Waals surface area (Å²) in [5, 5.41) is 0. The SMILES string of the molecule is CSC1(C=O)C(=O)OC2C=CCC21. The fourth-order valence-corrected chi connectivity index (χ4v) is 2.80. The van der Waals surface area contributed by atoms with Crippen LogP contribution in [0.3, 0.4) is 0 Å². The van der Waals surface area contributed by atoms with Crippen LogP contribution in [0.25, 0.3) is 0 Å². The number of aldehydes is 1. The normalized spacial score (nSPS) is 41.8. The molecule has 2 aliphatic rings. The predicted octanol–water partition coefficient (Wildman–Crippen LogP) is 0.789. The molecule has 0 bridgehead atoms. The van der Waals surface area contributed by atoms with Crippen LogP contribution >= 0.6 is 11.8 Å². The van der Waals surface area contributed by atoms with Crippen molar-refractivity contribution in [2.45, 2.75) is 17.3 Å². The summed E-state index contributed by atoms with van der Waals surface area (Å²) in [5.74, 6) is -0.373. The minimum atomic E-state index is -0.950. The number of hydrogen-bond acceptors (Lipinski definition) is 4. The van der Waals surface area contributed by atoms with E-state index in [4.69, 9.17) is 4.74 Å². The largest absolute Gasteiger partial charge is 0.456 e. The average molecular weight is 198 g/mol. The molecule has 3 nitrogen and oxygen atoms in total. The van der Waals surface area contributed by atoms with Crippen molar-refractivity contribution in [2.24, 2.45) is 5.92 Å². The molecule has 1 aliphatic heterocycles. The first-order chi connectivity index (χ1) is 6.24. The number of thioether (sulfide) groups is 1. The molecule has 0 aromatic carbocycles. The predicted molar refractivity (Wildman–Crippen MR) is 49.4 cm³/mol. The van der Waals surface area contributed by atoms with Gasteiger partial charge in [-0.2, -0.15) is 0 Å². The maximum Gasteiger partial charge on any atom is 0.330 e. The fraction of sp³-hybridized carbons (Fsp3) is 0.556.